The van der Waals surface area contributed by atoms with Crippen LogP contribution in [0.1, 0.15) is 23.1 Å². The van der Waals surface area contributed by atoms with Crippen LogP contribution in [0.2, 0.25) is 0 Å². The van der Waals surface area contributed by atoms with Crippen LogP contribution in [0.15, 0.2) is 53.3 Å². The summed E-state index contributed by atoms with van der Waals surface area (Å²) in [4.78, 5) is 41.3. The standard InChI is InChI=1S/C21H17N3O3S/c1-12(25)14-7-9-15(10-8-14)23-18(26)11-24-13(2)22-19-16-5-3-4-6-17(16)28-20(19)21(24)27/h3-10H,11H2,1-2H3,(H,23,26). The van der Waals surface area contributed by atoms with E-state index < -0.39 is 0 Å². The molecular weight excluding hydrogens is 374 g/mol. The molecule has 2 heterocycles. The third-order valence-electron chi connectivity index (χ3n) is 4.55. The number of aromatic nitrogens is 2. The van der Waals surface area contributed by atoms with Crippen molar-refractivity contribution < 1.29 is 9.59 Å². The molecule has 0 unspecified atom stereocenters. The van der Waals surface area contributed by atoms with Crippen molar-refractivity contribution in [2.24, 2.45) is 0 Å². The topological polar surface area (TPSA) is 81.1 Å². The number of hydrogen-bond acceptors (Lipinski definition) is 5. The first-order valence-corrected chi connectivity index (χ1v) is 9.55. The van der Waals surface area contributed by atoms with Gasteiger partial charge in [-0.05, 0) is 44.2 Å². The number of rotatable bonds is 4. The summed E-state index contributed by atoms with van der Waals surface area (Å²) in [5.41, 5.74) is 1.60. The van der Waals surface area contributed by atoms with Gasteiger partial charge in [0.05, 0.1) is 5.52 Å². The van der Waals surface area contributed by atoms with Crippen molar-refractivity contribution in [1.29, 1.82) is 0 Å². The number of carbonyl (C=O) groups is 2. The maximum Gasteiger partial charge on any atom is 0.272 e. The summed E-state index contributed by atoms with van der Waals surface area (Å²) in [5, 5.41) is 3.70. The van der Waals surface area contributed by atoms with Gasteiger partial charge < -0.3 is 5.32 Å². The number of nitrogens with zero attached hydrogens (tertiary/aromatic N) is 2. The van der Waals surface area contributed by atoms with E-state index in [-0.39, 0.29) is 23.8 Å². The van der Waals surface area contributed by atoms with Crippen LogP contribution in [-0.4, -0.2) is 21.2 Å². The Kier molecular flexibility index (Phi) is 4.52. The highest BCUT2D eigenvalue weighted by molar-refractivity contribution is 7.25. The fraction of sp³-hybridized carbons (Fsp3) is 0.143. The Morgan fingerprint density at radius 1 is 1.11 bits per heavy atom. The highest BCUT2D eigenvalue weighted by Crippen LogP contribution is 2.30. The van der Waals surface area contributed by atoms with E-state index in [0.717, 1.165) is 10.1 Å². The summed E-state index contributed by atoms with van der Waals surface area (Å²) in [6, 6.07) is 14.4. The maximum atomic E-state index is 12.9. The van der Waals surface area contributed by atoms with Gasteiger partial charge in [0.1, 0.15) is 17.1 Å². The number of benzene rings is 2. The molecule has 0 saturated heterocycles. The normalized spacial score (nSPS) is 11.1. The molecule has 0 radical (unpaired) electrons. The quantitative estimate of drug-likeness (QED) is 0.537. The second kappa shape index (κ2) is 7.01. The first kappa shape index (κ1) is 18.1. The lowest BCUT2D eigenvalue weighted by Crippen LogP contribution is -2.29. The van der Waals surface area contributed by atoms with Crippen molar-refractivity contribution in [1.82, 2.24) is 9.55 Å². The Morgan fingerprint density at radius 3 is 2.54 bits per heavy atom. The first-order chi connectivity index (χ1) is 13.4. The van der Waals surface area contributed by atoms with Crippen LogP contribution in [0, 0.1) is 6.92 Å². The number of Topliss-reactive ketones (excluding diaryl/α,β-unsaturated/α-hetero) is 1. The van der Waals surface area contributed by atoms with E-state index in [1.807, 2.05) is 24.3 Å². The average Bonchev–Trinajstić information content (AvgIpc) is 3.04. The Balaban J connectivity index is 1.63. The number of ketones is 1. The highest BCUT2D eigenvalue weighted by Gasteiger charge is 2.16. The molecule has 2 aromatic heterocycles. The number of hydrogen-bond donors (Lipinski definition) is 1. The SMILES string of the molecule is CC(=O)c1ccc(NC(=O)Cn2c(C)nc3c(sc4ccccc43)c2=O)cc1. The van der Waals surface area contributed by atoms with Crippen molar-refractivity contribution in [2.45, 2.75) is 20.4 Å². The number of amides is 1. The van der Waals surface area contributed by atoms with E-state index in [1.54, 1.807) is 31.2 Å². The number of aryl methyl sites for hydroxylation is 1. The van der Waals surface area contributed by atoms with Gasteiger partial charge in [-0.3, -0.25) is 19.0 Å². The number of thiophene rings is 1. The number of nitrogens with one attached hydrogen (secondary N) is 1. The number of fused-ring (bicyclic) bond motifs is 3. The molecule has 28 heavy (non-hydrogen) atoms. The van der Waals surface area contributed by atoms with Crippen molar-refractivity contribution in [2.75, 3.05) is 5.32 Å². The molecule has 0 bridgehead atoms. The van der Waals surface area contributed by atoms with Crippen LogP contribution in [0.4, 0.5) is 5.69 Å². The monoisotopic (exact) mass is 391 g/mol. The molecule has 7 heteroatoms. The summed E-state index contributed by atoms with van der Waals surface area (Å²) < 4.78 is 2.93. The molecule has 0 aliphatic rings. The molecule has 0 saturated carbocycles. The molecule has 0 fully saturated rings. The minimum Gasteiger partial charge on any atom is -0.325 e. The molecule has 0 spiro atoms. The predicted molar refractivity (Wildman–Crippen MR) is 111 cm³/mol. The minimum atomic E-state index is -0.331. The average molecular weight is 391 g/mol. The van der Waals surface area contributed by atoms with Gasteiger partial charge in [-0.1, -0.05) is 18.2 Å². The summed E-state index contributed by atoms with van der Waals surface area (Å²) in [6.45, 7) is 3.08. The third-order valence-corrected chi connectivity index (χ3v) is 5.70. The van der Waals surface area contributed by atoms with Gasteiger partial charge in [-0.15, -0.1) is 11.3 Å². The van der Waals surface area contributed by atoms with Gasteiger partial charge in [-0.2, -0.15) is 0 Å². The van der Waals surface area contributed by atoms with E-state index in [0.29, 0.717) is 27.3 Å². The van der Waals surface area contributed by atoms with Crippen molar-refractivity contribution in [3.05, 3.63) is 70.3 Å². The zero-order valence-electron chi connectivity index (χ0n) is 15.4. The maximum absolute atomic E-state index is 12.9. The zero-order valence-corrected chi connectivity index (χ0v) is 16.2. The van der Waals surface area contributed by atoms with E-state index >= 15 is 0 Å². The lowest BCUT2D eigenvalue weighted by molar-refractivity contribution is -0.116. The van der Waals surface area contributed by atoms with Crippen LogP contribution >= 0.6 is 11.3 Å². The molecule has 4 rings (SSSR count). The summed E-state index contributed by atoms with van der Waals surface area (Å²) in [6.07, 6.45) is 0. The van der Waals surface area contributed by atoms with E-state index in [9.17, 15) is 14.4 Å². The molecule has 0 aliphatic carbocycles. The molecule has 0 aliphatic heterocycles. The molecule has 1 amide bonds. The molecule has 1 N–H and O–H groups in total. The van der Waals surface area contributed by atoms with Crippen molar-refractivity contribution in [3.63, 3.8) is 0 Å². The number of anilines is 1. The smallest absolute Gasteiger partial charge is 0.272 e. The van der Waals surface area contributed by atoms with Gasteiger partial charge in [0.25, 0.3) is 5.56 Å². The second-order valence-electron chi connectivity index (χ2n) is 6.51. The molecule has 140 valence electrons. The third kappa shape index (κ3) is 3.20. The Bertz CT molecular complexity index is 1290. The fourth-order valence-corrected chi connectivity index (χ4v) is 4.19. The molecular formula is C21H17N3O3S. The van der Waals surface area contributed by atoms with Gasteiger partial charge in [0, 0.05) is 21.3 Å². The van der Waals surface area contributed by atoms with Gasteiger partial charge >= 0.3 is 0 Å². The highest BCUT2D eigenvalue weighted by atomic mass is 32.1. The Morgan fingerprint density at radius 2 is 1.82 bits per heavy atom. The van der Waals surface area contributed by atoms with E-state index in [4.69, 9.17) is 0 Å². The first-order valence-electron chi connectivity index (χ1n) is 8.73. The van der Waals surface area contributed by atoms with Crippen LogP contribution in [0.25, 0.3) is 20.3 Å². The van der Waals surface area contributed by atoms with Crippen LogP contribution in [-0.2, 0) is 11.3 Å². The Hall–Kier alpha value is -3.32. The zero-order chi connectivity index (χ0) is 19.8. The summed E-state index contributed by atoms with van der Waals surface area (Å²) in [7, 11) is 0. The second-order valence-corrected chi connectivity index (χ2v) is 7.56. The van der Waals surface area contributed by atoms with Gasteiger partial charge in [0.15, 0.2) is 5.78 Å². The van der Waals surface area contributed by atoms with E-state index in [2.05, 4.69) is 10.3 Å². The largest absolute Gasteiger partial charge is 0.325 e. The Labute approximate surface area is 164 Å². The van der Waals surface area contributed by atoms with Crippen LogP contribution in [0.3, 0.4) is 0 Å². The molecule has 0 atom stereocenters. The van der Waals surface area contributed by atoms with Crippen molar-refractivity contribution in [3.8, 4) is 0 Å². The minimum absolute atomic E-state index is 0.0391. The predicted octanol–water partition coefficient (Wildman–Crippen LogP) is 3.76. The van der Waals surface area contributed by atoms with Crippen LogP contribution < -0.4 is 10.9 Å². The lowest BCUT2D eigenvalue weighted by atomic mass is 10.1. The summed E-state index contributed by atoms with van der Waals surface area (Å²) >= 11 is 1.39. The lowest BCUT2D eigenvalue weighted by Gasteiger charge is -2.10. The van der Waals surface area contributed by atoms with Gasteiger partial charge in [-0.25, -0.2) is 4.98 Å². The van der Waals surface area contributed by atoms with Crippen LogP contribution in [0.5, 0.6) is 0 Å². The summed E-state index contributed by atoms with van der Waals surface area (Å²) in [5.74, 6) is 0.119. The molecule has 4 aromatic rings. The molecule has 6 nitrogen and oxygen atoms in total. The number of carbonyl (C=O) groups excluding carboxylic acids is 2. The van der Waals surface area contributed by atoms with Gasteiger partial charge in [0.2, 0.25) is 5.91 Å². The fourth-order valence-electron chi connectivity index (χ4n) is 3.10. The van der Waals surface area contributed by atoms with Crippen molar-refractivity contribution >= 4 is 49.0 Å². The van der Waals surface area contributed by atoms with E-state index in [1.165, 1.54) is 22.8 Å². The molecule has 2 aromatic carbocycles.